The zero-order chi connectivity index (χ0) is 14.6. The largest absolute Gasteiger partial charge is 0.384 e. The predicted octanol–water partition coefficient (Wildman–Crippen LogP) is 3.15. The maximum absolute atomic E-state index is 7.47. The number of nitrogens with two attached hydrogens (primary N) is 1. The summed E-state index contributed by atoms with van der Waals surface area (Å²) in [7, 11) is 0. The second-order valence-corrected chi connectivity index (χ2v) is 5.97. The van der Waals surface area contributed by atoms with Gasteiger partial charge in [0.1, 0.15) is 5.84 Å². The highest BCUT2D eigenvalue weighted by Crippen LogP contribution is 2.16. The number of benzene rings is 1. The van der Waals surface area contributed by atoms with Gasteiger partial charge in [-0.2, -0.15) is 0 Å². The van der Waals surface area contributed by atoms with Crippen molar-refractivity contribution in [1.82, 2.24) is 4.90 Å². The SMILES string of the molecule is Cc1cc(C(=N)N)ccc1CN(CC(C)C)C(C)C. The molecule has 0 aliphatic heterocycles. The summed E-state index contributed by atoms with van der Waals surface area (Å²) in [5.41, 5.74) is 8.86. The summed E-state index contributed by atoms with van der Waals surface area (Å²) < 4.78 is 0. The van der Waals surface area contributed by atoms with Gasteiger partial charge in [-0.05, 0) is 43.9 Å². The second kappa shape index (κ2) is 6.71. The first-order chi connectivity index (χ1) is 8.81. The smallest absolute Gasteiger partial charge is 0.122 e. The minimum Gasteiger partial charge on any atom is -0.384 e. The van der Waals surface area contributed by atoms with E-state index in [2.05, 4.69) is 45.6 Å². The minimum absolute atomic E-state index is 0.137. The Kier molecular flexibility index (Phi) is 5.55. The summed E-state index contributed by atoms with van der Waals surface area (Å²) >= 11 is 0. The number of hydrogen-bond acceptors (Lipinski definition) is 2. The monoisotopic (exact) mass is 261 g/mol. The molecular weight excluding hydrogens is 234 g/mol. The highest BCUT2D eigenvalue weighted by Gasteiger charge is 2.13. The van der Waals surface area contributed by atoms with Gasteiger partial charge < -0.3 is 5.73 Å². The summed E-state index contributed by atoms with van der Waals surface area (Å²) in [4.78, 5) is 2.49. The third-order valence-electron chi connectivity index (χ3n) is 3.36. The average molecular weight is 261 g/mol. The van der Waals surface area contributed by atoms with Gasteiger partial charge in [-0.15, -0.1) is 0 Å². The number of nitrogens with zero attached hydrogens (tertiary/aromatic N) is 1. The van der Waals surface area contributed by atoms with Crippen molar-refractivity contribution in [2.45, 2.75) is 47.2 Å². The first-order valence-electron chi connectivity index (χ1n) is 6.99. The molecule has 0 radical (unpaired) electrons. The molecular formula is C16H27N3. The van der Waals surface area contributed by atoms with E-state index in [0.717, 1.165) is 18.7 Å². The highest BCUT2D eigenvalue weighted by atomic mass is 15.1. The van der Waals surface area contributed by atoms with Crippen molar-refractivity contribution in [2.24, 2.45) is 11.7 Å². The zero-order valence-corrected chi connectivity index (χ0v) is 12.8. The van der Waals surface area contributed by atoms with Crippen molar-refractivity contribution in [3.8, 4) is 0 Å². The molecule has 106 valence electrons. The van der Waals surface area contributed by atoms with Crippen molar-refractivity contribution in [1.29, 1.82) is 5.41 Å². The Labute approximate surface area is 117 Å². The van der Waals surface area contributed by atoms with E-state index in [0.29, 0.717) is 12.0 Å². The van der Waals surface area contributed by atoms with Gasteiger partial charge in [0.2, 0.25) is 0 Å². The van der Waals surface area contributed by atoms with Gasteiger partial charge in [-0.1, -0.05) is 26.0 Å². The van der Waals surface area contributed by atoms with Gasteiger partial charge in [0.15, 0.2) is 0 Å². The van der Waals surface area contributed by atoms with E-state index >= 15 is 0 Å². The lowest BCUT2D eigenvalue weighted by Gasteiger charge is -2.29. The zero-order valence-electron chi connectivity index (χ0n) is 12.8. The Balaban J connectivity index is 2.88. The van der Waals surface area contributed by atoms with E-state index in [1.807, 2.05) is 12.1 Å². The summed E-state index contributed by atoms with van der Waals surface area (Å²) in [6, 6.07) is 6.58. The van der Waals surface area contributed by atoms with Gasteiger partial charge in [0, 0.05) is 24.7 Å². The van der Waals surface area contributed by atoms with Gasteiger partial charge in [0.25, 0.3) is 0 Å². The Morgan fingerprint density at radius 1 is 1.26 bits per heavy atom. The van der Waals surface area contributed by atoms with Crippen LogP contribution in [0.3, 0.4) is 0 Å². The summed E-state index contributed by atoms with van der Waals surface area (Å²) in [5, 5.41) is 7.47. The van der Waals surface area contributed by atoms with Crippen LogP contribution in [-0.4, -0.2) is 23.3 Å². The van der Waals surface area contributed by atoms with Crippen molar-refractivity contribution in [3.05, 3.63) is 34.9 Å². The quantitative estimate of drug-likeness (QED) is 0.610. The van der Waals surface area contributed by atoms with Gasteiger partial charge in [0.05, 0.1) is 0 Å². The normalized spacial score (nSPS) is 11.6. The summed E-state index contributed by atoms with van der Waals surface area (Å²) in [6.45, 7) is 13.1. The molecule has 0 aromatic heterocycles. The van der Waals surface area contributed by atoms with E-state index in [1.165, 1.54) is 11.1 Å². The number of amidine groups is 1. The molecule has 0 unspecified atom stereocenters. The van der Waals surface area contributed by atoms with Crippen LogP contribution in [0.5, 0.6) is 0 Å². The van der Waals surface area contributed by atoms with Crippen LogP contribution in [0.1, 0.15) is 44.4 Å². The third kappa shape index (κ3) is 4.67. The third-order valence-corrected chi connectivity index (χ3v) is 3.36. The molecule has 1 rings (SSSR count). The van der Waals surface area contributed by atoms with E-state index in [4.69, 9.17) is 11.1 Å². The van der Waals surface area contributed by atoms with Gasteiger partial charge in [-0.3, -0.25) is 10.3 Å². The van der Waals surface area contributed by atoms with Crippen LogP contribution in [0.15, 0.2) is 18.2 Å². The number of aryl methyl sites for hydroxylation is 1. The highest BCUT2D eigenvalue weighted by molar-refractivity contribution is 5.95. The van der Waals surface area contributed by atoms with Crippen LogP contribution in [0, 0.1) is 18.3 Å². The van der Waals surface area contributed by atoms with E-state index in [1.54, 1.807) is 0 Å². The first-order valence-corrected chi connectivity index (χ1v) is 6.99. The maximum Gasteiger partial charge on any atom is 0.122 e. The lowest BCUT2D eigenvalue weighted by molar-refractivity contribution is 0.189. The lowest BCUT2D eigenvalue weighted by Crippen LogP contribution is -2.33. The summed E-state index contributed by atoms with van der Waals surface area (Å²) in [5.74, 6) is 0.803. The van der Waals surface area contributed by atoms with Crippen molar-refractivity contribution in [3.63, 3.8) is 0 Å². The van der Waals surface area contributed by atoms with Crippen molar-refractivity contribution >= 4 is 5.84 Å². The standard InChI is InChI=1S/C16H27N3/c1-11(2)9-19(12(3)4)10-15-7-6-14(16(17)18)8-13(15)5/h6-8,11-12H,9-10H2,1-5H3,(H3,17,18). The lowest BCUT2D eigenvalue weighted by atomic mass is 10.0. The molecule has 3 N–H and O–H groups in total. The van der Waals surface area contributed by atoms with Crippen LogP contribution in [0.25, 0.3) is 0 Å². The molecule has 0 amide bonds. The molecule has 0 spiro atoms. The predicted molar refractivity (Wildman–Crippen MR) is 82.6 cm³/mol. The molecule has 0 heterocycles. The number of nitrogen functional groups attached to an aromatic ring is 1. The molecule has 0 bridgehead atoms. The molecule has 19 heavy (non-hydrogen) atoms. The fourth-order valence-electron chi connectivity index (χ4n) is 2.19. The molecule has 0 fully saturated rings. The Morgan fingerprint density at radius 2 is 1.89 bits per heavy atom. The molecule has 0 saturated heterocycles. The maximum atomic E-state index is 7.47. The molecule has 3 heteroatoms. The topological polar surface area (TPSA) is 53.1 Å². The second-order valence-electron chi connectivity index (χ2n) is 5.97. The van der Waals surface area contributed by atoms with Crippen LogP contribution < -0.4 is 5.73 Å². The summed E-state index contributed by atoms with van der Waals surface area (Å²) in [6.07, 6.45) is 0. The van der Waals surface area contributed by atoms with Crippen LogP contribution >= 0.6 is 0 Å². The van der Waals surface area contributed by atoms with Gasteiger partial charge in [-0.25, -0.2) is 0 Å². The number of hydrogen-bond donors (Lipinski definition) is 2. The van der Waals surface area contributed by atoms with Gasteiger partial charge >= 0.3 is 0 Å². The molecule has 0 saturated carbocycles. The number of nitrogens with one attached hydrogen (secondary N) is 1. The van der Waals surface area contributed by atoms with Crippen molar-refractivity contribution in [2.75, 3.05) is 6.54 Å². The fraction of sp³-hybridized carbons (Fsp3) is 0.562. The Bertz CT molecular complexity index is 436. The Morgan fingerprint density at radius 3 is 2.32 bits per heavy atom. The molecule has 1 aromatic carbocycles. The molecule has 0 aliphatic rings. The average Bonchev–Trinajstić information content (AvgIpc) is 2.29. The van der Waals surface area contributed by atoms with Crippen LogP contribution in [0.2, 0.25) is 0 Å². The van der Waals surface area contributed by atoms with Crippen LogP contribution in [0.4, 0.5) is 0 Å². The fourth-order valence-corrected chi connectivity index (χ4v) is 2.19. The van der Waals surface area contributed by atoms with E-state index in [-0.39, 0.29) is 5.84 Å². The molecule has 1 aromatic rings. The Hall–Kier alpha value is -1.35. The molecule has 0 atom stereocenters. The number of rotatable bonds is 6. The van der Waals surface area contributed by atoms with E-state index < -0.39 is 0 Å². The van der Waals surface area contributed by atoms with Crippen molar-refractivity contribution < 1.29 is 0 Å². The first kappa shape index (κ1) is 15.7. The molecule has 3 nitrogen and oxygen atoms in total. The van der Waals surface area contributed by atoms with Crippen LogP contribution in [-0.2, 0) is 6.54 Å². The van der Waals surface area contributed by atoms with E-state index in [9.17, 15) is 0 Å². The minimum atomic E-state index is 0.137. The molecule has 0 aliphatic carbocycles.